The Balaban J connectivity index is 2.24. The molecule has 20 heavy (non-hydrogen) atoms. The van der Waals surface area contributed by atoms with Crippen molar-refractivity contribution in [2.45, 2.75) is 31.9 Å². The van der Waals surface area contributed by atoms with Crippen LogP contribution in [0.2, 0.25) is 0 Å². The molecule has 2 rings (SSSR count). The van der Waals surface area contributed by atoms with Gasteiger partial charge in [0.1, 0.15) is 5.75 Å². The number of ether oxygens (including phenoxy) is 1. The van der Waals surface area contributed by atoms with Gasteiger partial charge in [0.15, 0.2) is 0 Å². The molecule has 1 aromatic rings. The molecule has 1 aliphatic carbocycles. The van der Waals surface area contributed by atoms with Crippen LogP contribution >= 0.6 is 0 Å². The summed E-state index contributed by atoms with van der Waals surface area (Å²) in [6, 6.07) is 6.12. The average molecular weight is 284 g/mol. The summed E-state index contributed by atoms with van der Waals surface area (Å²) in [6.45, 7) is 2.64. The van der Waals surface area contributed by atoms with Crippen LogP contribution in [-0.4, -0.2) is 44.6 Å². The molecule has 0 amide bonds. The lowest BCUT2D eigenvalue weighted by Gasteiger charge is -2.30. The molecule has 0 radical (unpaired) electrons. The molecule has 0 saturated carbocycles. The number of nitrogens with one attached hydrogen (secondary N) is 1. The van der Waals surface area contributed by atoms with E-state index in [1.54, 1.807) is 19.1 Å². The lowest BCUT2D eigenvalue weighted by molar-refractivity contribution is 0.0736. The minimum Gasteiger partial charge on any atom is -0.497 e. The summed E-state index contributed by atoms with van der Waals surface area (Å²) >= 11 is 0. The summed E-state index contributed by atoms with van der Waals surface area (Å²) in [7, 11) is 3.41. The molecule has 0 spiro atoms. The van der Waals surface area contributed by atoms with Crippen molar-refractivity contribution in [3.63, 3.8) is 0 Å². The maximum atomic E-state index is 12.6. The van der Waals surface area contributed by atoms with E-state index < -0.39 is 6.43 Å². The van der Waals surface area contributed by atoms with E-state index >= 15 is 0 Å². The third-order valence-electron chi connectivity index (χ3n) is 3.92. The normalized spacial score (nSPS) is 21.6. The van der Waals surface area contributed by atoms with Crippen molar-refractivity contribution in [2.24, 2.45) is 0 Å². The maximum absolute atomic E-state index is 12.6. The van der Waals surface area contributed by atoms with Crippen LogP contribution in [0.15, 0.2) is 18.2 Å². The van der Waals surface area contributed by atoms with Crippen LogP contribution in [0.1, 0.15) is 24.1 Å². The van der Waals surface area contributed by atoms with Gasteiger partial charge in [0.2, 0.25) is 0 Å². The second-order valence-corrected chi connectivity index (χ2v) is 5.20. The summed E-state index contributed by atoms with van der Waals surface area (Å²) in [5.41, 5.74) is 2.38. The molecule has 2 unspecified atom stereocenters. The van der Waals surface area contributed by atoms with Crippen LogP contribution in [0, 0.1) is 0 Å². The van der Waals surface area contributed by atoms with Gasteiger partial charge in [-0.05, 0) is 43.3 Å². The van der Waals surface area contributed by atoms with Crippen molar-refractivity contribution in [1.82, 2.24) is 10.2 Å². The van der Waals surface area contributed by atoms with Crippen molar-refractivity contribution >= 4 is 0 Å². The predicted molar refractivity (Wildman–Crippen MR) is 75.5 cm³/mol. The number of rotatable bonds is 6. The Morgan fingerprint density at radius 3 is 2.80 bits per heavy atom. The molecule has 0 heterocycles. The third kappa shape index (κ3) is 3.10. The van der Waals surface area contributed by atoms with Gasteiger partial charge in [-0.15, -0.1) is 0 Å². The van der Waals surface area contributed by atoms with Gasteiger partial charge < -0.3 is 10.1 Å². The van der Waals surface area contributed by atoms with Crippen molar-refractivity contribution in [3.8, 4) is 5.75 Å². The van der Waals surface area contributed by atoms with Gasteiger partial charge in [0.25, 0.3) is 6.43 Å². The van der Waals surface area contributed by atoms with E-state index in [0.29, 0.717) is 0 Å². The Kier molecular flexibility index (Phi) is 4.94. The molecule has 2 atom stereocenters. The third-order valence-corrected chi connectivity index (χ3v) is 3.92. The van der Waals surface area contributed by atoms with Crippen molar-refractivity contribution in [3.05, 3.63) is 29.3 Å². The van der Waals surface area contributed by atoms with E-state index in [0.717, 1.165) is 24.3 Å². The van der Waals surface area contributed by atoms with E-state index in [4.69, 9.17) is 4.74 Å². The highest BCUT2D eigenvalue weighted by atomic mass is 19.3. The van der Waals surface area contributed by atoms with E-state index in [9.17, 15) is 8.78 Å². The number of methoxy groups -OCH3 is 1. The van der Waals surface area contributed by atoms with Crippen molar-refractivity contribution in [1.29, 1.82) is 0 Å². The van der Waals surface area contributed by atoms with Gasteiger partial charge in [0.05, 0.1) is 13.7 Å². The van der Waals surface area contributed by atoms with Crippen molar-refractivity contribution < 1.29 is 13.5 Å². The Hall–Kier alpha value is -1.20. The Labute approximate surface area is 118 Å². The van der Waals surface area contributed by atoms with Gasteiger partial charge in [-0.3, -0.25) is 4.90 Å². The number of nitrogens with zero attached hydrogens (tertiary/aromatic N) is 1. The van der Waals surface area contributed by atoms with E-state index in [-0.39, 0.29) is 18.6 Å². The molecule has 3 nitrogen and oxygen atoms in total. The fraction of sp³-hybridized carbons (Fsp3) is 0.600. The molecule has 1 aliphatic rings. The number of halogens is 2. The topological polar surface area (TPSA) is 24.5 Å². The average Bonchev–Trinajstić information content (AvgIpc) is 2.76. The van der Waals surface area contributed by atoms with Crippen LogP contribution in [-0.2, 0) is 6.42 Å². The highest BCUT2D eigenvalue weighted by Crippen LogP contribution is 2.36. The van der Waals surface area contributed by atoms with E-state index in [2.05, 4.69) is 5.32 Å². The Morgan fingerprint density at radius 2 is 2.20 bits per heavy atom. The smallest absolute Gasteiger partial charge is 0.251 e. The summed E-state index contributed by atoms with van der Waals surface area (Å²) in [6.07, 6.45) is -1.51. The second-order valence-electron chi connectivity index (χ2n) is 5.20. The maximum Gasteiger partial charge on any atom is 0.251 e. The SMILES string of the molecule is CCNC1c2cc(OC)ccc2CC1N(C)CC(F)F. The van der Waals surface area contributed by atoms with Gasteiger partial charge in [-0.2, -0.15) is 0 Å². The molecule has 0 bridgehead atoms. The van der Waals surface area contributed by atoms with Gasteiger partial charge in [-0.1, -0.05) is 13.0 Å². The summed E-state index contributed by atoms with van der Waals surface area (Å²) in [4.78, 5) is 1.75. The quantitative estimate of drug-likeness (QED) is 0.868. The zero-order valence-corrected chi connectivity index (χ0v) is 12.2. The van der Waals surface area contributed by atoms with Crippen molar-refractivity contribution in [2.75, 3.05) is 27.2 Å². The van der Waals surface area contributed by atoms with Crippen LogP contribution in [0.4, 0.5) is 8.78 Å². The summed E-state index contributed by atoms with van der Waals surface area (Å²) in [5.74, 6) is 0.809. The molecule has 1 aromatic carbocycles. The Bertz CT molecular complexity index is 453. The first-order chi connectivity index (χ1) is 9.56. The number of likely N-dealkylation sites (N-methyl/N-ethyl adjacent to an activating group) is 2. The first-order valence-corrected chi connectivity index (χ1v) is 6.95. The van der Waals surface area contributed by atoms with Crippen LogP contribution in [0.3, 0.4) is 0 Å². The lowest BCUT2D eigenvalue weighted by atomic mass is 10.1. The molecule has 112 valence electrons. The molecular formula is C15H22F2N2O. The number of hydrogen-bond donors (Lipinski definition) is 1. The summed E-state index contributed by atoms with van der Waals surface area (Å²) < 4.78 is 30.5. The molecule has 5 heteroatoms. The van der Waals surface area contributed by atoms with Crippen LogP contribution in [0.5, 0.6) is 5.75 Å². The highest BCUT2D eigenvalue weighted by Gasteiger charge is 2.35. The zero-order valence-electron chi connectivity index (χ0n) is 12.2. The number of hydrogen-bond acceptors (Lipinski definition) is 3. The number of alkyl halides is 2. The van der Waals surface area contributed by atoms with Gasteiger partial charge in [0, 0.05) is 12.1 Å². The Morgan fingerprint density at radius 1 is 1.45 bits per heavy atom. The monoisotopic (exact) mass is 284 g/mol. The molecule has 0 aliphatic heterocycles. The van der Waals surface area contributed by atoms with E-state index in [1.807, 2.05) is 25.1 Å². The van der Waals surface area contributed by atoms with Gasteiger partial charge in [-0.25, -0.2) is 8.78 Å². The predicted octanol–water partition coefficient (Wildman–Crippen LogP) is 2.47. The number of fused-ring (bicyclic) bond motifs is 1. The van der Waals surface area contributed by atoms with Gasteiger partial charge >= 0.3 is 0 Å². The highest BCUT2D eigenvalue weighted by molar-refractivity contribution is 5.42. The second kappa shape index (κ2) is 6.50. The minimum atomic E-state index is -2.31. The molecule has 1 N–H and O–H groups in total. The summed E-state index contributed by atoms with van der Waals surface area (Å²) in [5, 5.41) is 3.41. The molecule has 0 aromatic heterocycles. The van der Waals surface area contributed by atoms with Crippen LogP contribution < -0.4 is 10.1 Å². The first-order valence-electron chi connectivity index (χ1n) is 6.95. The molecular weight excluding hydrogens is 262 g/mol. The van der Waals surface area contributed by atoms with E-state index in [1.165, 1.54) is 5.56 Å². The fourth-order valence-corrected chi connectivity index (χ4v) is 2.96. The fourth-order valence-electron chi connectivity index (χ4n) is 2.96. The first kappa shape index (κ1) is 15.2. The zero-order chi connectivity index (χ0) is 14.7. The standard InChI is InChI=1S/C15H22F2N2O/c1-4-18-15-12-8-11(20-3)6-5-10(12)7-13(15)19(2)9-14(16)17/h5-6,8,13-15,18H,4,7,9H2,1-3H3. The largest absolute Gasteiger partial charge is 0.497 e. The lowest BCUT2D eigenvalue weighted by Crippen LogP contribution is -2.42. The molecule has 0 saturated heterocycles. The molecule has 0 fully saturated rings. The minimum absolute atomic E-state index is 0.0612. The van der Waals surface area contributed by atoms with Crippen LogP contribution in [0.25, 0.3) is 0 Å². The number of benzene rings is 1.